The summed E-state index contributed by atoms with van der Waals surface area (Å²) in [7, 11) is 0. The lowest BCUT2D eigenvalue weighted by Crippen LogP contribution is -2.39. The Kier molecular flexibility index (Phi) is 10.6. The Labute approximate surface area is 316 Å². The van der Waals surface area contributed by atoms with E-state index in [2.05, 4.69) is 77.7 Å². The Morgan fingerprint density at radius 2 is 1.15 bits per heavy atom. The van der Waals surface area contributed by atoms with E-state index in [4.69, 9.17) is 9.47 Å². The number of aliphatic hydroxyl groups excluding tert-OH is 1. The van der Waals surface area contributed by atoms with Crippen LogP contribution >= 0.6 is 0 Å². The number of benzene rings is 6. The molecule has 2 aliphatic rings. The van der Waals surface area contributed by atoms with E-state index in [9.17, 15) is 14.7 Å². The van der Waals surface area contributed by atoms with Crippen LogP contribution in [0.25, 0.3) is 11.1 Å². The molecule has 54 heavy (non-hydrogen) atoms. The monoisotopic (exact) mass is 714 g/mol. The molecule has 7 nitrogen and oxygen atoms in total. The Balaban J connectivity index is 1.02. The molecule has 1 fully saturated rings. The van der Waals surface area contributed by atoms with Crippen LogP contribution < -0.4 is 0 Å². The summed E-state index contributed by atoms with van der Waals surface area (Å²) in [6.07, 6.45) is -0.212. The first-order valence-electron chi connectivity index (χ1n) is 18.5. The van der Waals surface area contributed by atoms with Crippen molar-refractivity contribution in [1.29, 1.82) is 0 Å². The molecular formula is C47H42N2O5. The summed E-state index contributed by atoms with van der Waals surface area (Å²) in [5.41, 5.74) is 9.09. The van der Waals surface area contributed by atoms with Crippen LogP contribution in [0.3, 0.4) is 0 Å². The third-order valence-corrected chi connectivity index (χ3v) is 10.2. The van der Waals surface area contributed by atoms with Crippen molar-refractivity contribution in [2.45, 2.75) is 51.2 Å². The molecule has 2 aliphatic heterocycles. The highest BCUT2D eigenvalue weighted by Crippen LogP contribution is 2.39. The minimum absolute atomic E-state index is 0.00782. The van der Waals surface area contributed by atoms with Gasteiger partial charge >= 0.3 is 0 Å². The van der Waals surface area contributed by atoms with Gasteiger partial charge in [0.25, 0.3) is 11.8 Å². The zero-order chi connectivity index (χ0) is 36.9. The predicted molar refractivity (Wildman–Crippen MR) is 208 cm³/mol. The fourth-order valence-electron chi connectivity index (χ4n) is 7.44. The summed E-state index contributed by atoms with van der Waals surface area (Å²) in [5.74, 6) is -0.524. The number of nitrogens with zero attached hydrogens (tertiary/aromatic N) is 2. The average molecular weight is 715 g/mol. The molecule has 3 unspecified atom stereocenters. The number of carbonyl (C=O) groups is 2. The largest absolute Gasteiger partial charge is 0.392 e. The van der Waals surface area contributed by atoms with E-state index in [-0.39, 0.29) is 37.2 Å². The molecule has 0 aromatic heterocycles. The van der Waals surface area contributed by atoms with Gasteiger partial charge in [-0.2, -0.15) is 0 Å². The number of hydrogen-bond acceptors (Lipinski definition) is 6. The van der Waals surface area contributed by atoms with Crippen LogP contribution in [-0.4, -0.2) is 39.4 Å². The minimum atomic E-state index is -0.587. The maximum absolute atomic E-state index is 13.0. The average Bonchev–Trinajstić information content (AvgIpc) is 3.46. The number of carbonyl (C=O) groups excluding carboxylic acids is 2. The molecule has 0 bridgehead atoms. The normalized spacial score (nSPS) is 18.3. The number of imide groups is 1. The van der Waals surface area contributed by atoms with Gasteiger partial charge in [-0.15, -0.1) is 0 Å². The first-order valence-corrected chi connectivity index (χ1v) is 18.5. The zero-order valence-electron chi connectivity index (χ0n) is 30.0. The number of hydrogen-bond donors (Lipinski definition) is 1. The standard InChI is InChI=1S/C47H42N2O5/c50-32-35-18-20-38(21-19-35)44-27-41(31-48(28-33-10-3-1-4-11-33)29-34-12-5-2-6-13-34)53-47(54-44)39-24-22-37(23-25-39)40-15-9-14-36(26-40)30-49-45(51)42-16-7-8-17-43(42)46(49)52/h1-26,41,44,47,50H,27-32H2. The molecule has 8 rings (SSSR count). The Bertz CT molecular complexity index is 2130. The second-order valence-corrected chi connectivity index (χ2v) is 14.1. The second-order valence-electron chi connectivity index (χ2n) is 14.1. The lowest BCUT2D eigenvalue weighted by molar-refractivity contribution is -0.253. The zero-order valence-corrected chi connectivity index (χ0v) is 30.0. The Hall–Kier alpha value is -5.70. The third kappa shape index (κ3) is 7.95. The van der Waals surface area contributed by atoms with Crippen molar-refractivity contribution in [2.24, 2.45) is 0 Å². The van der Waals surface area contributed by atoms with E-state index >= 15 is 0 Å². The quantitative estimate of drug-likeness (QED) is 0.128. The van der Waals surface area contributed by atoms with Crippen molar-refractivity contribution in [1.82, 2.24) is 9.80 Å². The Morgan fingerprint density at radius 3 is 1.76 bits per heavy atom. The van der Waals surface area contributed by atoms with Crippen LogP contribution in [-0.2, 0) is 35.7 Å². The summed E-state index contributed by atoms with van der Waals surface area (Å²) in [4.78, 5) is 29.8. The van der Waals surface area contributed by atoms with Crippen molar-refractivity contribution < 1.29 is 24.2 Å². The van der Waals surface area contributed by atoms with Crippen LogP contribution in [0.15, 0.2) is 158 Å². The van der Waals surface area contributed by atoms with Crippen LogP contribution in [0.1, 0.15) is 72.9 Å². The molecule has 7 heteroatoms. The van der Waals surface area contributed by atoms with E-state index < -0.39 is 6.29 Å². The van der Waals surface area contributed by atoms with Crippen molar-refractivity contribution in [3.63, 3.8) is 0 Å². The van der Waals surface area contributed by atoms with Gasteiger partial charge in [-0.05, 0) is 57.1 Å². The molecule has 3 atom stereocenters. The lowest BCUT2D eigenvalue weighted by Gasteiger charge is -2.38. The number of ether oxygens (including phenoxy) is 2. The molecule has 0 aliphatic carbocycles. The Morgan fingerprint density at radius 1 is 0.574 bits per heavy atom. The number of fused-ring (bicyclic) bond motifs is 1. The maximum Gasteiger partial charge on any atom is 0.261 e. The van der Waals surface area contributed by atoms with Crippen LogP contribution in [0.2, 0.25) is 0 Å². The number of rotatable bonds is 12. The maximum atomic E-state index is 13.0. The van der Waals surface area contributed by atoms with Crippen LogP contribution in [0, 0.1) is 0 Å². The molecule has 1 N–H and O–H groups in total. The summed E-state index contributed by atoms with van der Waals surface area (Å²) >= 11 is 0. The highest BCUT2D eigenvalue weighted by atomic mass is 16.7. The number of aliphatic hydroxyl groups is 1. The summed E-state index contributed by atoms with van der Waals surface area (Å²) in [6, 6.07) is 52.2. The van der Waals surface area contributed by atoms with E-state index in [0.717, 1.165) is 46.5 Å². The predicted octanol–water partition coefficient (Wildman–Crippen LogP) is 8.89. The first-order chi connectivity index (χ1) is 26.5. The molecule has 0 saturated carbocycles. The van der Waals surface area contributed by atoms with E-state index in [1.54, 1.807) is 24.3 Å². The van der Waals surface area contributed by atoms with Gasteiger partial charge in [-0.3, -0.25) is 19.4 Å². The van der Waals surface area contributed by atoms with Gasteiger partial charge in [-0.25, -0.2) is 0 Å². The second kappa shape index (κ2) is 16.1. The van der Waals surface area contributed by atoms with Crippen molar-refractivity contribution in [3.05, 3.63) is 202 Å². The van der Waals surface area contributed by atoms with Gasteiger partial charge in [0.2, 0.25) is 0 Å². The van der Waals surface area contributed by atoms with Gasteiger partial charge in [-0.1, -0.05) is 140 Å². The highest BCUT2D eigenvalue weighted by molar-refractivity contribution is 6.21. The van der Waals surface area contributed by atoms with Crippen LogP contribution in [0.4, 0.5) is 0 Å². The molecule has 0 radical (unpaired) electrons. The van der Waals surface area contributed by atoms with Crippen molar-refractivity contribution in [3.8, 4) is 11.1 Å². The molecule has 6 aromatic rings. The molecule has 0 spiro atoms. The van der Waals surface area contributed by atoms with Gasteiger partial charge in [0, 0.05) is 31.6 Å². The molecule has 1 saturated heterocycles. The van der Waals surface area contributed by atoms with Crippen molar-refractivity contribution in [2.75, 3.05) is 6.54 Å². The van der Waals surface area contributed by atoms with Gasteiger partial charge < -0.3 is 14.6 Å². The molecule has 2 amide bonds. The molecule has 270 valence electrons. The fourth-order valence-corrected chi connectivity index (χ4v) is 7.44. The molecular weight excluding hydrogens is 673 g/mol. The summed E-state index contributed by atoms with van der Waals surface area (Å²) in [6.45, 7) is 2.49. The van der Waals surface area contributed by atoms with Gasteiger partial charge in [0.05, 0.1) is 36.5 Å². The smallest absolute Gasteiger partial charge is 0.261 e. The number of amides is 2. The summed E-state index contributed by atoms with van der Waals surface area (Å²) in [5, 5.41) is 9.67. The van der Waals surface area contributed by atoms with E-state index in [1.807, 2.05) is 60.7 Å². The van der Waals surface area contributed by atoms with E-state index in [0.29, 0.717) is 24.1 Å². The third-order valence-electron chi connectivity index (χ3n) is 10.2. The van der Waals surface area contributed by atoms with Gasteiger partial charge in [0.1, 0.15) is 0 Å². The highest BCUT2D eigenvalue weighted by Gasteiger charge is 2.35. The minimum Gasteiger partial charge on any atom is -0.392 e. The van der Waals surface area contributed by atoms with Crippen molar-refractivity contribution >= 4 is 11.8 Å². The molecule has 6 aromatic carbocycles. The van der Waals surface area contributed by atoms with E-state index in [1.165, 1.54) is 16.0 Å². The summed E-state index contributed by atoms with van der Waals surface area (Å²) < 4.78 is 13.5. The SMILES string of the molecule is O=C1c2ccccc2C(=O)N1Cc1cccc(-c2ccc(C3OC(CN(Cc4ccccc4)Cc4ccccc4)CC(c4ccc(CO)cc4)O3)cc2)c1. The fraction of sp³-hybridized carbons (Fsp3) is 0.191. The topological polar surface area (TPSA) is 79.3 Å². The van der Waals surface area contributed by atoms with Crippen LogP contribution in [0.5, 0.6) is 0 Å². The first kappa shape index (κ1) is 35.3. The lowest BCUT2D eigenvalue weighted by atomic mass is 9.98. The van der Waals surface area contributed by atoms with Gasteiger partial charge in [0.15, 0.2) is 6.29 Å². The molecule has 2 heterocycles.